The van der Waals surface area contributed by atoms with Gasteiger partial charge in [-0.05, 0) is 24.3 Å². The van der Waals surface area contributed by atoms with Crippen molar-refractivity contribution in [3.8, 4) is 0 Å². The first-order valence-electron chi connectivity index (χ1n) is 4.43. The van der Waals surface area contributed by atoms with E-state index in [1.165, 1.54) is 24.3 Å². The fraction of sp³-hybridized carbons (Fsp3) is 0.222. The predicted octanol–water partition coefficient (Wildman–Crippen LogP) is 2.61. The van der Waals surface area contributed by atoms with E-state index in [0.717, 1.165) is 0 Å². The van der Waals surface area contributed by atoms with Crippen LogP contribution in [-0.2, 0) is 0 Å². The van der Waals surface area contributed by atoms with Crippen molar-refractivity contribution in [2.24, 2.45) is 5.84 Å². The van der Waals surface area contributed by atoms with Crippen LogP contribution in [0.5, 0.6) is 0 Å². The maximum atomic E-state index is 11.9. The number of nitrogens with one attached hydrogen (secondary N) is 1. The molecular weight excluding hydrogens is 259 g/mol. The third-order valence-electron chi connectivity index (χ3n) is 1.71. The third kappa shape index (κ3) is 4.92. The van der Waals surface area contributed by atoms with Gasteiger partial charge in [0.1, 0.15) is 6.54 Å². The van der Waals surface area contributed by atoms with Crippen LogP contribution in [0.3, 0.4) is 0 Å². The Labute approximate surface area is 100 Å². The summed E-state index contributed by atoms with van der Waals surface area (Å²) in [6, 6.07) is 4.82. The largest absolute Gasteiger partial charge is 0.407 e. The molecule has 0 aliphatic heterocycles. The van der Waals surface area contributed by atoms with Crippen molar-refractivity contribution in [3.63, 3.8) is 0 Å². The van der Waals surface area contributed by atoms with Gasteiger partial charge in [0.25, 0.3) is 0 Å². The van der Waals surface area contributed by atoms with Crippen molar-refractivity contribution in [3.05, 3.63) is 29.3 Å². The Morgan fingerprint density at radius 2 is 1.88 bits per heavy atom. The van der Waals surface area contributed by atoms with Crippen molar-refractivity contribution in [1.29, 1.82) is 0 Å². The van der Waals surface area contributed by atoms with E-state index in [0.29, 0.717) is 10.7 Å². The molecule has 1 aromatic rings. The number of alkyl halides is 3. The Bertz CT molecular complexity index is 393. The zero-order valence-electron chi connectivity index (χ0n) is 8.46. The van der Waals surface area contributed by atoms with Crippen LogP contribution in [0.2, 0.25) is 5.02 Å². The standard InChI is InChI=1S/C9H9ClF3N3O/c10-6-1-3-7(4-2-6)15-8(17)16(14)5-9(11,12)13/h1-4H,5,14H2,(H,15,17). The lowest BCUT2D eigenvalue weighted by Gasteiger charge is -2.18. The van der Waals surface area contributed by atoms with Crippen LogP contribution in [0, 0.1) is 0 Å². The first kappa shape index (κ1) is 13.6. The number of halogens is 4. The number of carbonyl (C=O) groups excluding carboxylic acids is 1. The molecule has 17 heavy (non-hydrogen) atoms. The number of carbonyl (C=O) groups is 1. The molecule has 0 heterocycles. The highest BCUT2D eigenvalue weighted by Gasteiger charge is 2.31. The van der Waals surface area contributed by atoms with Gasteiger partial charge in [-0.3, -0.25) is 5.01 Å². The highest BCUT2D eigenvalue weighted by Crippen LogP contribution is 2.16. The van der Waals surface area contributed by atoms with Crippen LogP contribution in [0.1, 0.15) is 0 Å². The van der Waals surface area contributed by atoms with E-state index >= 15 is 0 Å². The molecule has 0 fully saturated rings. The molecule has 0 aliphatic carbocycles. The van der Waals surface area contributed by atoms with E-state index in [2.05, 4.69) is 5.32 Å². The second-order valence-corrected chi connectivity index (χ2v) is 3.62. The summed E-state index contributed by atoms with van der Waals surface area (Å²) in [7, 11) is 0. The topological polar surface area (TPSA) is 58.4 Å². The SMILES string of the molecule is NN(CC(F)(F)F)C(=O)Nc1ccc(Cl)cc1. The minimum absolute atomic E-state index is 0.0502. The summed E-state index contributed by atoms with van der Waals surface area (Å²) in [4.78, 5) is 11.2. The summed E-state index contributed by atoms with van der Waals surface area (Å²) in [5.74, 6) is 4.96. The third-order valence-corrected chi connectivity index (χ3v) is 1.96. The molecule has 2 amide bonds. The maximum absolute atomic E-state index is 11.9. The molecule has 0 aromatic heterocycles. The Morgan fingerprint density at radius 3 is 2.35 bits per heavy atom. The van der Waals surface area contributed by atoms with E-state index < -0.39 is 18.8 Å². The number of hydrazine groups is 1. The molecule has 0 atom stereocenters. The second kappa shape index (κ2) is 5.24. The van der Waals surface area contributed by atoms with Crippen LogP contribution in [0.25, 0.3) is 0 Å². The molecule has 8 heteroatoms. The Hall–Kier alpha value is -1.47. The van der Waals surface area contributed by atoms with Crippen molar-refractivity contribution in [1.82, 2.24) is 5.01 Å². The molecule has 4 nitrogen and oxygen atoms in total. The van der Waals surface area contributed by atoms with Crippen molar-refractivity contribution >= 4 is 23.3 Å². The molecule has 0 bridgehead atoms. The van der Waals surface area contributed by atoms with E-state index in [9.17, 15) is 18.0 Å². The lowest BCUT2D eigenvalue weighted by atomic mass is 10.3. The number of amides is 2. The summed E-state index contributed by atoms with van der Waals surface area (Å²) in [6.45, 7) is -1.52. The average Bonchev–Trinajstić information content (AvgIpc) is 2.19. The number of urea groups is 1. The predicted molar refractivity (Wildman–Crippen MR) is 57.4 cm³/mol. The summed E-state index contributed by atoms with van der Waals surface area (Å²) >= 11 is 5.60. The van der Waals surface area contributed by atoms with Crippen LogP contribution in [-0.4, -0.2) is 23.8 Å². The van der Waals surface area contributed by atoms with Gasteiger partial charge in [-0.1, -0.05) is 11.6 Å². The molecule has 1 aromatic carbocycles. The second-order valence-electron chi connectivity index (χ2n) is 3.18. The zero-order chi connectivity index (χ0) is 13.1. The summed E-state index contributed by atoms with van der Waals surface area (Å²) in [6.07, 6.45) is -4.54. The molecular formula is C9H9ClF3N3O. The first-order valence-corrected chi connectivity index (χ1v) is 4.81. The number of rotatable bonds is 2. The lowest BCUT2D eigenvalue weighted by Crippen LogP contribution is -2.46. The fourth-order valence-corrected chi connectivity index (χ4v) is 1.12. The normalized spacial score (nSPS) is 11.1. The van der Waals surface area contributed by atoms with Gasteiger partial charge in [0.15, 0.2) is 0 Å². The molecule has 0 saturated carbocycles. The summed E-state index contributed by atoms with van der Waals surface area (Å²) < 4.78 is 35.8. The van der Waals surface area contributed by atoms with Gasteiger partial charge >= 0.3 is 12.2 Å². The van der Waals surface area contributed by atoms with Crippen LogP contribution in [0.15, 0.2) is 24.3 Å². The molecule has 0 spiro atoms. The van der Waals surface area contributed by atoms with E-state index in [1.54, 1.807) is 0 Å². The van der Waals surface area contributed by atoms with Crippen molar-refractivity contribution in [2.75, 3.05) is 11.9 Å². The average molecular weight is 268 g/mol. The minimum atomic E-state index is -4.54. The Kier molecular flexibility index (Phi) is 4.19. The van der Waals surface area contributed by atoms with Crippen LogP contribution in [0.4, 0.5) is 23.7 Å². The summed E-state index contributed by atoms with van der Waals surface area (Å²) in [5.41, 5.74) is 0.303. The van der Waals surface area contributed by atoms with E-state index in [1.807, 2.05) is 0 Å². The molecule has 3 N–H and O–H groups in total. The highest BCUT2D eigenvalue weighted by atomic mass is 35.5. The van der Waals surface area contributed by atoms with E-state index in [-0.39, 0.29) is 5.01 Å². The van der Waals surface area contributed by atoms with Crippen molar-refractivity contribution in [2.45, 2.75) is 6.18 Å². The van der Waals surface area contributed by atoms with Gasteiger partial charge in [-0.25, -0.2) is 10.6 Å². The van der Waals surface area contributed by atoms with Crippen molar-refractivity contribution < 1.29 is 18.0 Å². The lowest BCUT2D eigenvalue weighted by molar-refractivity contribution is -0.139. The molecule has 0 unspecified atom stereocenters. The number of benzene rings is 1. The van der Waals surface area contributed by atoms with E-state index in [4.69, 9.17) is 17.4 Å². The number of nitrogens with zero attached hydrogens (tertiary/aromatic N) is 1. The Morgan fingerprint density at radius 1 is 1.35 bits per heavy atom. The smallest absolute Gasteiger partial charge is 0.307 e. The van der Waals surface area contributed by atoms with Gasteiger partial charge in [-0.2, -0.15) is 13.2 Å². The highest BCUT2D eigenvalue weighted by molar-refractivity contribution is 6.30. The van der Waals surface area contributed by atoms with Crippen LogP contribution < -0.4 is 11.2 Å². The molecule has 94 valence electrons. The van der Waals surface area contributed by atoms with Gasteiger partial charge in [-0.15, -0.1) is 0 Å². The van der Waals surface area contributed by atoms with Gasteiger partial charge < -0.3 is 5.32 Å². The fourth-order valence-electron chi connectivity index (χ4n) is 0.993. The zero-order valence-corrected chi connectivity index (χ0v) is 9.22. The monoisotopic (exact) mass is 267 g/mol. The minimum Gasteiger partial charge on any atom is -0.307 e. The maximum Gasteiger partial charge on any atom is 0.407 e. The van der Waals surface area contributed by atoms with Gasteiger partial charge in [0, 0.05) is 10.7 Å². The quantitative estimate of drug-likeness (QED) is 0.492. The summed E-state index contributed by atoms with van der Waals surface area (Å²) in [5, 5.41) is 2.69. The Balaban J connectivity index is 2.57. The molecule has 0 radical (unpaired) electrons. The molecule has 1 rings (SSSR count). The number of hydrogen-bond donors (Lipinski definition) is 2. The molecule has 0 aliphatic rings. The van der Waals surface area contributed by atoms with Gasteiger partial charge in [0.2, 0.25) is 0 Å². The number of anilines is 1. The first-order chi connectivity index (χ1) is 7.78. The number of nitrogens with two attached hydrogens (primary N) is 1. The van der Waals surface area contributed by atoms with Crippen LogP contribution >= 0.6 is 11.6 Å². The molecule has 0 saturated heterocycles. The van der Waals surface area contributed by atoms with Gasteiger partial charge in [0.05, 0.1) is 0 Å². The number of hydrogen-bond acceptors (Lipinski definition) is 2.